The number of amides is 3. The van der Waals surface area contributed by atoms with Gasteiger partial charge in [-0.3, -0.25) is 4.79 Å². The summed E-state index contributed by atoms with van der Waals surface area (Å²) >= 11 is 0. The Morgan fingerprint density at radius 1 is 1.21 bits per heavy atom. The van der Waals surface area contributed by atoms with Crippen LogP contribution in [0, 0.1) is 0 Å². The van der Waals surface area contributed by atoms with Crippen molar-refractivity contribution in [2.45, 2.75) is 26.5 Å². The van der Waals surface area contributed by atoms with Crippen LogP contribution in [-0.2, 0) is 6.54 Å². The van der Waals surface area contributed by atoms with Gasteiger partial charge in [0, 0.05) is 12.4 Å². The molecule has 1 aromatic heterocycles. The van der Waals surface area contributed by atoms with Crippen molar-refractivity contribution in [2.24, 2.45) is 5.73 Å². The van der Waals surface area contributed by atoms with Gasteiger partial charge < -0.3 is 21.1 Å². The van der Waals surface area contributed by atoms with Crippen LogP contribution in [0.5, 0.6) is 5.75 Å². The van der Waals surface area contributed by atoms with E-state index in [2.05, 4.69) is 20.6 Å². The molecule has 8 heteroatoms. The molecule has 0 saturated heterocycles. The van der Waals surface area contributed by atoms with Gasteiger partial charge in [-0.1, -0.05) is 6.07 Å². The minimum Gasteiger partial charge on any atom is -0.488 e. The summed E-state index contributed by atoms with van der Waals surface area (Å²) in [4.78, 5) is 31.6. The van der Waals surface area contributed by atoms with Crippen molar-refractivity contribution >= 4 is 17.6 Å². The third kappa shape index (κ3) is 4.67. The molecular weight excluding hydrogens is 310 g/mol. The van der Waals surface area contributed by atoms with Crippen molar-refractivity contribution in [1.29, 1.82) is 0 Å². The number of benzene rings is 1. The smallest absolute Gasteiger partial charge is 0.319 e. The lowest BCUT2D eigenvalue weighted by Gasteiger charge is -2.17. The highest BCUT2D eigenvalue weighted by Gasteiger charge is 2.17. The molecule has 4 N–H and O–H groups in total. The van der Waals surface area contributed by atoms with Crippen molar-refractivity contribution in [2.75, 3.05) is 5.32 Å². The number of anilines is 1. The SMILES string of the molecule is CC(C)Oc1c(NC(=O)NCc2ncccn2)cccc1C(N)=O. The second-order valence-corrected chi connectivity index (χ2v) is 5.19. The Bertz CT molecular complexity index is 719. The molecule has 0 aliphatic rings. The van der Waals surface area contributed by atoms with Gasteiger partial charge in [0.25, 0.3) is 5.91 Å². The monoisotopic (exact) mass is 329 g/mol. The summed E-state index contributed by atoms with van der Waals surface area (Å²) in [5, 5.41) is 5.27. The summed E-state index contributed by atoms with van der Waals surface area (Å²) in [6.07, 6.45) is 2.99. The van der Waals surface area contributed by atoms with E-state index in [0.717, 1.165) is 0 Å². The van der Waals surface area contributed by atoms with E-state index in [1.165, 1.54) is 0 Å². The molecule has 126 valence electrons. The number of ether oxygens (including phenoxy) is 1. The molecule has 0 aliphatic carbocycles. The number of nitrogens with one attached hydrogen (secondary N) is 2. The van der Waals surface area contributed by atoms with Crippen LogP contribution in [0.25, 0.3) is 0 Å². The molecule has 1 aromatic carbocycles. The summed E-state index contributed by atoms with van der Waals surface area (Å²) in [6, 6.07) is 6.00. The lowest BCUT2D eigenvalue weighted by molar-refractivity contribution is 0.0994. The zero-order chi connectivity index (χ0) is 17.5. The van der Waals surface area contributed by atoms with Crippen LogP contribution in [0.15, 0.2) is 36.7 Å². The van der Waals surface area contributed by atoms with Crippen LogP contribution in [0.4, 0.5) is 10.5 Å². The van der Waals surface area contributed by atoms with Crippen molar-refractivity contribution < 1.29 is 14.3 Å². The van der Waals surface area contributed by atoms with Crippen LogP contribution in [0.1, 0.15) is 30.0 Å². The van der Waals surface area contributed by atoms with E-state index in [1.54, 1.807) is 36.7 Å². The van der Waals surface area contributed by atoms with Crippen LogP contribution >= 0.6 is 0 Å². The van der Waals surface area contributed by atoms with Gasteiger partial charge in [0.05, 0.1) is 23.9 Å². The third-order valence-corrected chi connectivity index (χ3v) is 2.91. The van der Waals surface area contributed by atoms with Crippen molar-refractivity contribution in [3.63, 3.8) is 0 Å². The first kappa shape index (κ1) is 17.2. The summed E-state index contributed by atoms with van der Waals surface area (Å²) in [7, 11) is 0. The van der Waals surface area contributed by atoms with Gasteiger partial charge in [-0.2, -0.15) is 0 Å². The Hall–Kier alpha value is -3.16. The third-order valence-electron chi connectivity index (χ3n) is 2.91. The Balaban J connectivity index is 2.11. The molecule has 8 nitrogen and oxygen atoms in total. The maximum absolute atomic E-state index is 12.1. The molecule has 0 fully saturated rings. The van der Waals surface area contributed by atoms with E-state index in [4.69, 9.17) is 10.5 Å². The van der Waals surface area contributed by atoms with Gasteiger partial charge in [-0.15, -0.1) is 0 Å². The fourth-order valence-electron chi connectivity index (χ4n) is 1.94. The number of primary amides is 1. The molecule has 24 heavy (non-hydrogen) atoms. The summed E-state index contributed by atoms with van der Waals surface area (Å²) in [5.41, 5.74) is 5.92. The summed E-state index contributed by atoms with van der Waals surface area (Å²) in [6.45, 7) is 3.80. The molecule has 0 spiro atoms. The molecular formula is C16H19N5O3. The molecule has 0 saturated carbocycles. The number of rotatable bonds is 6. The second-order valence-electron chi connectivity index (χ2n) is 5.19. The lowest BCUT2D eigenvalue weighted by atomic mass is 10.1. The normalized spacial score (nSPS) is 10.3. The van der Waals surface area contributed by atoms with Crippen molar-refractivity contribution in [1.82, 2.24) is 15.3 Å². The average Bonchev–Trinajstić information content (AvgIpc) is 2.55. The molecule has 2 rings (SSSR count). The number of hydrogen-bond acceptors (Lipinski definition) is 5. The molecule has 3 amide bonds. The van der Waals surface area contributed by atoms with Crippen LogP contribution in [0.2, 0.25) is 0 Å². The fourth-order valence-corrected chi connectivity index (χ4v) is 1.94. The lowest BCUT2D eigenvalue weighted by Crippen LogP contribution is -2.29. The highest BCUT2D eigenvalue weighted by Crippen LogP contribution is 2.29. The van der Waals surface area contributed by atoms with Gasteiger partial charge in [-0.25, -0.2) is 14.8 Å². The molecule has 0 bridgehead atoms. The first-order valence-electron chi connectivity index (χ1n) is 7.37. The summed E-state index contributed by atoms with van der Waals surface area (Å²) < 4.78 is 5.63. The number of nitrogens with two attached hydrogens (primary N) is 1. The van der Waals surface area contributed by atoms with Gasteiger partial charge in [0.15, 0.2) is 5.75 Å². The first-order chi connectivity index (χ1) is 11.5. The second kappa shape index (κ2) is 7.91. The van der Waals surface area contributed by atoms with E-state index in [9.17, 15) is 9.59 Å². The molecule has 0 aliphatic heterocycles. The van der Waals surface area contributed by atoms with Crippen molar-refractivity contribution in [3.05, 3.63) is 48.0 Å². The van der Waals surface area contributed by atoms with Crippen molar-refractivity contribution in [3.8, 4) is 5.75 Å². The Kier molecular flexibility index (Phi) is 5.67. The van der Waals surface area contributed by atoms with Gasteiger partial charge >= 0.3 is 6.03 Å². The van der Waals surface area contributed by atoms with Gasteiger partial charge in [-0.05, 0) is 32.0 Å². The molecule has 0 unspecified atom stereocenters. The zero-order valence-electron chi connectivity index (χ0n) is 13.4. The maximum Gasteiger partial charge on any atom is 0.319 e. The fraction of sp³-hybridized carbons (Fsp3) is 0.250. The number of para-hydroxylation sites is 1. The largest absolute Gasteiger partial charge is 0.488 e. The molecule has 2 aromatic rings. The predicted molar refractivity (Wildman–Crippen MR) is 88.6 cm³/mol. The van der Waals surface area contributed by atoms with E-state index in [-0.39, 0.29) is 24.0 Å². The topological polar surface area (TPSA) is 119 Å². The highest BCUT2D eigenvalue weighted by molar-refractivity contribution is 6.00. The number of aromatic nitrogens is 2. The molecule has 0 radical (unpaired) electrons. The van der Waals surface area contributed by atoms with Gasteiger partial charge in [0.1, 0.15) is 5.82 Å². The number of carbonyl (C=O) groups is 2. The summed E-state index contributed by atoms with van der Waals surface area (Å²) in [5.74, 6) is 0.0932. The maximum atomic E-state index is 12.1. The molecule has 1 heterocycles. The minimum atomic E-state index is -0.632. The Labute approximate surface area is 139 Å². The predicted octanol–water partition coefficient (Wildman–Crippen LogP) is 1.68. The standard InChI is InChI=1S/C16H19N5O3/c1-10(2)24-14-11(15(17)22)5-3-6-12(14)21-16(23)20-9-13-18-7-4-8-19-13/h3-8,10H,9H2,1-2H3,(H2,17,22)(H2,20,21,23). The van der Waals surface area contributed by atoms with E-state index in [0.29, 0.717) is 11.5 Å². The quantitative estimate of drug-likeness (QED) is 0.745. The van der Waals surface area contributed by atoms with E-state index < -0.39 is 11.9 Å². The van der Waals surface area contributed by atoms with Crippen LogP contribution in [0.3, 0.4) is 0 Å². The molecule has 0 atom stereocenters. The Morgan fingerprint density at radius 3 is 2.54 bits per heavy atom. The first-order valence-corrected chi connectivity index (χ1v) is 7.37. The zero-order valence-corrected chi connectivity index (χ0v) is 13.4. The van der Waals surface area contributed by atoms with E-state index >= 15 is 0 Å². The minimum absolute atomic E-state index is 0.169. The van der Waals surface area contributed by atoms with Crippen LogP contribution < -0.4 is 21.1 Å². The number of urea groups is 1. The average molecular weight is 329 g/mol. The van der Waals surface area contributed by atoms with E-state index in [1.807, 2.05) is 13.8 Å². The van der Waals surface area contributed by atoms with Crippen LogP contribution in [-0.4, -0.2) is 28.0 Å². The van der Waals surface area contributed by atoms with Gasteiger partial charge in [0.2, 0.25) is 0 Å². The number of carbonyl (C=O) groups excluding carboxylic acids is 2. The number of nitrogens with zero attached hydrogens (tertiary/aromatic N) is 2. The number of hydrogen-bond donors (Lipinski definition) is 3. The Morgan fingerprint density at radius 2 is 1.92 bits per heavy atom. The highest BCUT2D eigenvalue weighted by atomic mass is 16.5.